The summed E-state index contributed by atoms with van der Waals surface area (Å²) in [6.07, 6.45) is 0. The maximum absolute atomic E-state index is 6.81. The van der Waals surface area contributed by atoms with Crippen LogP contribution in [0.3, 0.4) is 0 Å². The zero-order valence-electron chi connectivity index (χ0n) is 24.4. The lowest BCUT2D eigenvalue weighted by molar-refractivity contribution is 0.666. The highest BCUT2D eigenvalue weighted by atomic mass is 16.3. The molecule has 0 spiro atoms. The van der Waals surface area contributed by atoms with Crippen molar-refractivity contribution < 1.29 is 8.83 Å². The topological polar surface area (TPSA) is 29.5 Å². The maximum Gasteiger partial charge on any atom is 0.160 e. The van der Waals surface area contributed by atoms with Crippen LogP contribution in [0.4, 0.5) is 17.1 Å². The van der Waals surface area contributed by atoms with Gasteiger partial charge in [-0.1, -0.05) is 133 Å². The van der Waals surface area contributed by atoms with Crippen molar-refractivity contribution in [2.24, 2.45) is 0 Å². The molecule has 0 radical (unpaired) electrons. The van der Waals surface area contributed by atoms with Crippen LogP contribution in [0.25, 0.3) is 66.1 Å². The summed E-state index contributed by atoms with van der Waals surface area (Å²) in [5.41, 5.74) is 10.7. The molecule has 0 saturated heterocycles. The van der Waals surface area contributed by atoms with Crippen LogP contribution >= 0.6 is 0 Å². The SMILES string of the molecule is c1ccc(-c2ccccc2N(c2cccc3c2oc2ccccc23)c2c(-c3ccccc3)ccc3c2oc2ccccc23)cc1. The highest BCUT2D eigenvalue weighted by Crippen LogP contribution is 2.51. The molecule has 45 heavy (non-hydrogen) atoms. The number of fused-ring (bicyclic) bond motifs is 6. The van der Waals surface area contributed by atoms with Crippen molar-refractivity contribution in [2.45, 2.75) is 0 Å². The van der Waals surface area contributed by atoms with E-state index in [0.717, 1.165) is 83.2 Å². The normalized spacial score (nSPS) is 11.6. The van der Waals surface area contributed by atoms with Crippen LogP contribution < -0.4 is 4.90 Å². The second-order valence-corrected chi connectivity index (χ2v) is 11.3. The third-order valence-corrected chi connectivity index (χ3v) is 8.68. The van der Waals surface area contributed by atoms with E-state index in [9.17, 15) is 0 Å². The van der Waals surface area contributed by atoms with Gasteiger partial charge in [0.2, 0.25) is 0 Å². The summed E-state index contributed by atoms with van der Waals surface area (Å²) < 4.78 is 13.5. The van der Waals surface area contributed by atoms with Gasteiger partial charge in [-0.2, -0.15) is 0 Å². The lowest BCUT2D eigenvalue weighted by atomic mass is 9.97. The first-order valence-electron chi connectivity index (χ1n) is 15.2. The number of nitrogens with zero attached hydrogens (tertiary/aromatic N) is 1. The first-order chi connectivity index (χ1) is 22.3. The Morgan fingerprint density at radius 3 is 1.56 bits per heavy atom. The summed E-state index contributed by atoms with van der Waals surface area (Å²) in [7, 11) is 0. The standard InChI is InChI=1S/C42H27NO2/c1-3-14-28(15-4-1)30-18-7-10-22-36(30)43(37-23-13-21-34-32-19-8-11-24-38(32)44-41(34)37)40-31(29-16-5-2-6-17-29)26-27-35-33-20-9-12-25-39(33)45-42(35)40/h1-27H. The Morgan fingerprint density at radius 1 is 0.333 bits per heavy atom. The monoisotopic (exact) mass is 577 g/mol. The fourth-order valence-corrected chi connectivity index (χ4v) is 6.66. The van der Waals surface area contributed by atoms with E-state index in [2.05, 4.69) is 144 Å². The molecule has 0 unspecified atom stereocenters. The van der Waals surface area contributed by atoms with E-state index in [1.807, 2.05) is 24.3 Å². The number of furan rings is 2. The Hall–Kier alpha value is -6.06. The Kier molecular flexibility index (Phi) is 5.82. The fraction of sp³-hybridized carbons (Fsp3) is 0. The Bertz CT molecular complexity index is 2490. The molecule has 2 heterocycles. The van der Waals surface area contributed by atoms with Gasteiger partial charge in [0.1, 0.15) is 11.2 Å². The predicted octanol–water partition coefficient (Wildman–Crippen LogP) is 12.3. The van der Waals surface area contributed by atoms with Crippen molar-refractivity contribution in [2.75, 3.05) is 4.90 Å². The van der Waals surface area contributed by atoms with Crippen LogP contribution in [0.2, 0.25) is 0 Å². The van der Waals surface area contributed by atoms with E-state index < -0.39 is 0 Å². The number of hydrogen-bond acceptors (Lipinski definition) is 3. The highest BCUT2D eigenvalue weighted by Gasteiger charge is 2.28. The van der Waals surface area contributed by atoms with Gasteiger partial charge in [0.25, 0.3) is 0 Å². The lowest BCUT2D eigenvalue weighted by Crippen LogP contribution is -2.13. The lowest BCUT2D eigenvalue weighted by Gasteiger charge is -2.30. The Balaban J connectivity index is 1.46. The summed E-state index contributed by atoms with van der Waals surface area (Å²) in [6, 6.07) is 57.1. The van der Waals surface area contributed by atoms with Crippen molar-refractivity contribution in [1.82, 2.24) is 0 Å². The zero-order valence-corrected chi connectivity index (χ0v) is 24.4. The van der Waals surface area contributed by atoms with Gasteiger partial charge >= 0.3 is 0 Å². The van der Waals surface area contributed by atoms with Crippen molar-refractivity contribution in [3.63, 3.8) is 0 Å². The molecule has 3 nitrogen and oxygen atoms in total. The zero-order chi connectivity index (χ0) is 29.7. The van der Waals surface area contributed by atoms with E-state index in [4.69, 9.17) is 8.83 Å². The number of para-hydroxylation sites is 4. The quantitative estimate of drug-likeness (QED) is 0.204. The van der Waals surface area contributed by atoms with Crippen LogP contribution in [-0.2, 0) is 0 Å². The second-order valence-electron chi connectivity index (χ2n) is 11.3. The molecule has 0 aliphatic heterocycles. The molecule has 2 aromatic heterocycles. The molecule has 0 aliphatic rings. The average molecular weight is 578 g/mol. The predicted molar refractivity (Wildman–Crippen MR) is 187 cm³/mol. The number of benzene rings is 7. The fourth-order valence-electron chi connectivity index (χ4n) is 6.66. The number of hydrogen-bond donors (Lipinski definition) is 0. The first-order valence-corrected chi connectivity index (χ1v) is 15.2. The molecular weight excluding hydrogens is 550 g/mol. The molecule has 9 rings (SSSR count). The molecular formula is C42H27NO2. The smallest absolute Gasteiger partial charge is 0.160 e. The van der Waals surface area contributed by atoms with Crippen LogP contribution in [0.1, 0.15) is 0 Å². The molecule has 0 N–H and O–H groups in total. The van der Waals surface area contributed by atoms with Gasteiger partial charge in [-0.15, -0.1) is 0 Å². The molecule has 0 saturated carbocycles. The van der Waals surface area contributed by atoms with Crippen LogP contribution in [0.15, 0.2) is 173 Å². The molecule has 9 aromatic rings. The molecule has 212 valence electrons. The average Bonchev–Trinajstić information content (AvgIpc) is 3.69. The van der Waals surface area contributed by atoms with Crippen molar-refractivity contribution in [3.8, 4) is 22.3 Å². The van der Waals surface area contributed by atoms with Gasteiger partial charge in [-0.3, -0.25) is 0 Å². The van der Waals surface area contributed by atoms with Gasteiger partial charge in [0.15, 0.2) is 11.2 Å². The van der Waals surface area contributed by atoms with Gasteiger partial charge in [0, 0.05) is 32.7 Å². The summed E-state index contributed by atoms with van der Waals surface area (Å²) in [4.78, 5) is 2.35. The third kappa shape index (κ3) is 4.05. The van der Waals surface area contributed by atoms with Crippen molar-refractivity contribution in [1.29, 1.82) is 0 Å². The molecule has 7 aromatic carbocycles. The molecule has 3 heteroatoms. The van der Waals surface area contributed by atoms with E-state index in [0.29, 0.717) is 0 Å². The minimum atomic E-state index is 0.827. The van der Waals surface area contributed by atoms with Gasteiger partial charge in [0.05, 0.1) is 17.1 Å². The minimum absolute atomic E-state index is 0.827. The van der Waals surface area contributed by atoms with Gasteiger partial charge < -0.3 is 13.7 Å². The van der Waals surface area contributed by atoms with Crippen LogP contribution in [-0.4, -0.2) is 0 Å². The highest BCUT2D eigenvalue weighted by molar-refractivity contribution is 6.17. The largest absolute Gasteiger partial charge is 0.454 e. The molecule has 0 fully saturated rings. The molecule has 0 aliphatic carbocycles. The van der Waals surface area contributed by atoms with Crippen molar-refractivity contribution in [3.05, 3.63) is 164 Å². The third-order valence-electron chi connectivity index (χ3n) is 8.68. The van der Waals surface area contributed by atoms with Crippen LogP contribution in [0, 0.1) is 0 Å². The second kappa shape index (κ2) is 10.3. The summed E-state index contributed by atoms with van der Waals surface area (Å²) >= 11 is 0. The van der Waals surface area contributed by atoms with Crippen molar-refractivity contribution >= 4 is 60.9 Å². The van der Waals surface area contributed by atoms with Gasteiger partial charge in [-0.05, 0) is 41.5 Å². The van der Waals surface area contributed by atoms with E-state index in [-0.39, 0.29) is 0 Å². The van der Waals surface area contributed by atoms with E-state index in [1.54, 1.807) is 0 Å². The molecule has 0 amide bonds. The summed E-state index contributed by atoms with van der Waals surface area (Å²) in [6.45, 7) is 0. The van der Waals surface area contributed by atoms with Gasteiger partial charge in [-0.25, -0.2) is 0 Å². The van der Waals surface area contributed by atoms with E-state index >= 15 is 0 Å². The minimum Gasteiger partial charge on any atom is -0.454 e. The summed E-state index contributed by atoms with van der Waals surface area (Å²) in [5, 5.41) is 4.32. The number of anilines is 3. The first kappa shape index (κ1) is 25.4. The maximum atomic E-state index is 6.81. The molecule has 0 bridgehead atoms. The summed E-state index contributed by atoms with van der Waals surface area (Å²) in [5.74, 6) is 0. The number of rotatable bonds is 5. The Morgan fingerprint density at radius 2 is 0.844 bits per heavy atom. The van der Waals surface area contributed by atoms with E-state index in [1.165, 1.54) is 0 Å². The molecule has 0 atom stereocenters. The van der Waals surface area contributed by atoms with Crippen LogP contribution in [0.5, 0.6) is 0 Å². The Labute approximate surface area is 260 Å².